The van der Waals surface area contributed by atoms with E-state index in [2.05, 4.69) is 36.4 Å². The molecule has 0 radical (unpaired) electrons. The lowest BCUT2D eigenvalue weighted by molar-refractivity contribution is 1.08. The van der Waals surface area contributed by atoms with Crippen LogP contribution in [0.2, 0.25) is 0 Å². The van der Waals surface area contributed by atoms with Gasteiger partial charge in [-0.1, -0.05) is 12.1 Å². The molecule has 7 heteroatoms. The maximum Gasteiger partial charge on any atom is 0.170 e. The highest BCUT2D eigenvalue weighted by Crippen LogP contribution is 2.17. The van der Waals surface area contributed by atoms with Gasteiger partial charge in [0.25, 0.3) is 0 Å². The molecule has 0 bridgehead atoms. The molecule has 2 rings (SSSR count). The van der Waals surface area contributed by atoms with Gasteiger partial charge >= 0.3 is 0 Å². The largest absolute Gasteiger partial charge is 0.381 e. The summed E-state index contributed by atoms with van der Waals surface area (Å²) in [6, 6.07) is 6.93. The Morgan fingerprint density at radius 2 is 2.06 bits per heavy atom. The maximum atomic E-state index is 10.3. The number of nitrogens with two attached hydrogens (primary N) is 1. The third-order valence-corrected chi connectivity index (χ3v) is 2.66. The summed E-state index contributed by atoms with van der Waals surface area (Å²) in [5.74, 6) is 0.853. The van der Waals surface area contributed by atoms with Crippen molar-refractivity contribution < 1.29 is 0 Å². The molecule has 1 aromatic heterocycles. The van der Waals surface area contributed by atoms with Crippen LogP contribution in [0.25, 0.3) is 0 Å². The van der Waals surface area contributed by atoms with Gasteiger partial charge in [-0.25, -0.2) is 9.97 Å². The molecule has 0 unspecified atom stereocenters. The van der Waals surface area contributed by atoms with Gasteiger partial charge in [0.15, 0.2) is 11.6 Å². The van der Waals surface area contributed by atoms with Crippen LogP contribution in [0.15, 0.2) is 40.2 Å². The Morgan fingerprint density at radius 1 is 1.33 bits per heavy atom. The molecule has 18 heavy (non-hydrogen) atoms. The highest BCUT2D eigenvalue weighted by Gasteiger charge is 2.03. The fourth-order valence-electron chi connectivity index (χ4n) is 1.37. The van der Waals surface area contributed by atoms with Crippen LogP contribution in [-0.4, -0.2) is 9.97 Å². The first-order valence-corrected chi connectivity index (χ1v) is 5.92. The minimum Gasteiger partial charge on any atom is -0.381 e. The van der Waals surface area contributed by atoms with Gasteiger partial charge in [-0.2, -0.15) is 0 Å². The summed E-state index contributed by atoms with van der Waals surface area (Å²) in [6.07, 6.45) is 1.53. The molecular formula is C11H10BrN5O. The third-order valence-electron chi connectivity index (χ3n) is 2.27. The second kappa shape index (κ2) is 5.54. The number of nitrogens with one attached hydrogen (secondary N) is 1. The monoisotopic (exact) mass is 307 g/mol. The fraction of sp³-hybridized carbons (Fsp3) is 0.0909. The molecule has 0 aliphatic heterocycles. The lowest BCUT2D eigenvalue weighted by Gasteiger charge is -2.07. The van der Waals surface area contributed by atoms with Crippen molar-refractivity contribution in [2.75, 3.05) is 11.1 Å². The molecule has 0 atom stereocenters. The molecule has 6 nitrogen and oxygen atoms in total. The summed E-state index contributed by atoms with van der Waals surface area (Å²) >= 11 is 3.23. The van der Waals surface area contributed by atoms with Gasteiger partial charge in [-0.15, -0.1) is 4.91 Å². The maximum absolute atomic E-state index is 10.3. The van der Waals surface area contributed by atoms with E-state index in [-0.39, 0.29) is 0 Å². The van der Waals surface area contributed by atoms with Crippen molar-refractivity contribution >= 4 is 33.3 Å². The van der Waals surface area contributed by atoms with E-state index in [1.54, 1.807) is 12.1 Å². The minimum absolute atomic E-state index is 0.337. The molecule has 2 aromatic rings. The third kappa shape index (κ3) is 3.01. The Morgan fingerprint density at radius 3 is 2.72 bits per heavy atom. The fourth-order valence-corrected chi connectivity index (χ4v) is 1.65. The van der Waals surface area contributed by atoms with Crippen molar-refractivity contribution in [3.8, 4) is 0 Å². The van der Waals surface area contributed by atoms with E-state index in [1.165, 1.54) is 6.20 Å². The van der Waals surface area contributed by atoms with Crippen molar-refractivity contribution in [3.05, 3.63) is 45.5 Å². The molecule has 1 heterocycles. The SMILES string of the molecule is Nc1ncc(Br)nc1NCc1ccc(N=O)cc1. The van der Waals surface area contributed by atoms with E-state index < -0.39 is 0 Å². The molecule has 0 aliphatic rings. The van der Waals surface area contributed by atoms with Crippen LogP contribution in [0.4, 0.5) is 17.3 Å². The number of nitrogens with zero attached hydrogens (tertiary/aromatic N) is 3. The molecule has 0 saturated carbocycles. The Bertz CT molecular complexity index is 558. The number of nitroso groups, excluding NO2 is 1. The normalized spacial score (nSPS) is 10.1. The van der Waals surface area contributed by atoms with E-state index in [0.717, 1.165) is 5.56 Å². The Hall–Kier alpha value is -2.02. The standard InChI is InChI=1S/C11H10BrN5O/c12-9-6-14-10(13)11(16-9)15-5-7-1-3-8(17-18)4-2-7/h1-4,6H,5H2,(H2,13,14)(H,15,16). The zero-order chi connectivity index (χ0) is 13.0. The van der Waals surface area contributed by atoms with Crippen LogP contribution in [0.5, 0.6) is 0 Å². The molecule has 0 spiro atoms. The van der Waals surface area contributed by atoms with Crippen molar-refractivity contribution in [2.45, 2.75) is 6.54 Å². The predicted molar refractivity (Wildman–Crippen MR) is 73.4 cm³/mol. The van der Waals surface area contributed by atoms with Gasteiger partial charge in [0.2, 0.25) is 0 Å². The van der Waals surface area contributed by atoms with Crippen LogP contribution in [0.3, 0.4) is 0 Å². The molecule has 0 fully saturated rings. The number of rotatable bonds is 4. The summed E-state index contributed by atoms with van der Waals surface area (Å²) in [5, 5.41) is 5.91. The molecule has 0 amide bonds. The summed E-state index contributed by atoms with van der Waals surface area (Å²) < 4.78 is 0.611. The van der Waals surface area contributed by atoms with Crippen LogP contribution < -0.4 is 11.1 Å². The first-order valence-electron chi connectivity index (χ1n) is 5.13. The summed E-state index contributed by atoms with van der Waals surface area (Å²) in [7, 11) is 0. The van der Waals surface area contributed by atoms with E-state index in [0.29, 0.717) is 28.5 Å². The summed E-state index contributed by atoms with van der Waals surface area (Å²) in [4.78, 5) is 18.4. The Kier molecular flexibility index (Phi) is 3.83. The Labute approximate surface area is 112 Å². The lowest BCUT2D eigenvalue weighted by Crippen LogP contribution is -2.06. The van der Waals surface area contributed by atoms with E-state index in [1.807, 2.05) is 12.1 Å². The second-order valence-corrected chi connectivity index (χ2v) is 4.35. The zero-order valence-electron chi connectivity index (χ0n) is 9.30. The number of aromatic nitrogens is 2. The highest BCUT2D eigenvalue weighted by molar-refractivity contribution is 9.10. The van der Waals surface area contributed by atoms with Crippen molar-refractivity contribution in [1.82, 2.24) is 9.97 Å². The van der Waals surface area contributed by atoms with Gasteiger partial charge in [-0.3, -0.25) is 0 Å². The van der Waals surface area contributed by atoms with Gasteiger partial charge < -0.3 is 11.1 Å². The van der Waals surface area contributed by atoms with Gasteiger partial charge in [-0.05, 0) is 38.8 Å². The van der Waals surface area contributed by atoms with Crippen molar-refractivity contribution in [3.63, 3.8) is 0 Å². The molecule has 3 N–H and O–H groups in total. The number of nitrogen functional groups attached to an aromatic ring is 1. The van der Waals surface area contributed by atoms with Crippen molar-refractivity contribution in [1.29, 1.82) is 0 Å². The number of hydrogen-bond acceptors (Lipinski definition) is 6. The first-order chi connectivity index (χ1) is 8.69. The smallest absolute Gasteiger partial charge is 0.170 e. The number of anilines is 2. The second-order valence-electron chi connectivity index (χ2n) is 3.54. The number of halogens is 1. The van der Waals surface area contributed by atoms with Crippen LogP contribution in [-0.2, 0) is 6.54 Å². The van der Waals surface area contributed by atoms with Gasteiger partial charge in [0.05, 0.1) is 6.20 Å². The van der Waals surface area contributed by atoms with Crippen LogP contribution in [0, 0.1) is 4.91 Å². The topological polar surface area (TPSA) is 93.3 Å². The molecular weight excluding hydrogens is 298 g/mol. The van der Waals surface area contributed by atoms with E-state index in [4.69, 9.17) is 5.73 Å². The van der Waals surface area contributed by atoms with E-state index in [9.17, 15) is 4.91 Å². The summed E-state index contributed by atoms with van der Waals surface area (Å²) in [5.41, 5.74) is 7.08. The van der Waals surface area contributed by atoms with Gasteiger partial charge in [0.1, 0.15) is 10.3 Å². The zero-order valence-corrected chi connectivity index (χ0v) is 10.9. The van der Waals surface area contributed by atoms with Crippen LogP contribution in [0.1, 0.15) is 5.56 Å². The highest BCUT2D eigenvalue weighted by atomic mass is 79.9. The quantitative estimate of drug-likeness (QED) is 0.847. The lowest BCUT2D eigenvalue weighted by atomic mass is 10.2. The van der Waals surface area contributed by atoms with Gasteiger partial charge in [0, 0.05) is 6.54 Å². The molecule has 1 aromatic carbocycles. The molecule has 0 saturated heterocycles. The average Bonchev–Trinajstić information content (AvgIpc) is 2.40. The van der Waals surface area contributed by atoms with E-state index >= 15 is 0 Å². The van der Waals surface area contributed by atoms with Crippen molar-refractivity contribution in [2.24, 2.45) is 5.18 Å². The Balaban J connectivity index is 2.06. The van der Waals surface area contributed by atoms with Crippen LogP contribution >= 0.6 is 15.9 Å². The number of hydrogen-bond donors (Lipinski definition) is 2. The summed E-state index contributed by atoms with van der Waals surface area (Å²) in [6.45, 7) is 0.536. The minimum atomic E-state index is 0.337. The molecule has 0 aliphatic carbocycles. The average molecular weight is 308 g/mol. The first kappa shape index (κ1) is 12.4. The predicted octanol–water partition coefficient (Wildman–Crippen LogP) is 2.83. The molecule has 92 valence electrons. The number of benzene rings is 1.